The second-order valence-electron chi connectivity index (χ2n) is 8.12. The molecule has 4 atom stereocenters. The summed E-state index contributed by atoms with van der Waals surface area (Å²) in [6, 6.07) is 0. The van der Waals surface area contributed by atoms with Crippen molar-refractivity contribution < 1.29 is 24.4 Å². The molecule has 0 spiro atoms. The van der Waals surface area contributed by atoms with Crippen LogP contribution in [0.2, 0.25) is 0 Å². The van der Waals surface area contributed by atoms with Crippen LogP contribution in [0.4, 0.5) is 0 Å². The molecule has 2 aliphatic rings. The maximum atomic E-state index is 10.7. The molecule has 0 bridgehead atoms. The molecule has 2 aliphatic heterocycles. The molecule has 0 saturated carbocycles. The van der Waals surface area contributed by atoms with Crippen molar-refractivity contribution >= 4 is 5.97 Å². The van der Waals surface area contributed by atoms with Gasteiger partial charge in [-0.2, -0.15) is 0 Å². The third kappa shape index (κ3) is 10.2. The fraction of sp³-hybridized carbons (Fsp3) is 0.708. The summed E-state index contributed by atoms with van der Waals surface area (Å²) in [6.07, 6.45) is 23.7. The highest BCUT2D eigenvalue weighted by atomic mass is 17.2. The topological polar surface area (TPSA) is 65.0 Å². The number of carboxylic acids is 1. The van der Waals surface area contributed by atoms with E-state index in [9.17, 15) is 4.79 Å². The lowest BCUT2D eigenvalue weighted by Gasteiger charge is -2.30. The number of ether oxygens (including phenoxy) is 1. The quantitative estimate of drug-likeness (QED) is 0.168. The van der Waals surface area contributed by atoms with Gasteiger partial charge in [0.2, 0.25) is 0 Å². The molecule has 164 valence electrons. The van der Waals surface area contributed by atoms with E-state index in [0.717, 1.165) is 51.4 Å². The number of rotatable bonds is 14. The number of hydrogen-bond donors (Lipinski definition) is 1. The average molecular weight is 407 g/mol. The molecule has 29 heavy (non-hydrogen) atoms. The van der Waals surface area contributed by atoms with Crippen molar-refractivity contribution in [3.05, 3.63) is 37.0 Å². The molecule has 0 amide bonds. The third-order valence-corrected chi connectivity index (χ3v) is 5.61. The number of aliphatic carboxylic acids is 1. The van der Waals surface area contributed by atoms with Gasteiger partial charge in [-0.15, -0.1) is 6.58 Å². The minimum Gasteiger partial charge on any atom is -0.481 e. The zero-order valence-corrected chi connectivity index (χ0v) is 17.7. The molecule has 0 unspecified atom stereocenters. The fourth-order valence-corrected chi connectivity index (χ4v) is 3.95. The van der Waals surface area contributed by atoms with Crippen LogP contribution < -0.4 is 0 Å². The monoisotopic (exact) mass is 406 g/mol. The summed E-state index contributed by atoms with van der Waals surface area (Å²) in [6.45, 7) is 3.72. The molecule has 0 aromatic carbocycles. The summed E-state index contributed by atoms with van der Waals surface area (Å²) in [4.78, 5) is 21.4. The zero-order chi connectivity index (χ0) is 20.7. The van der Waals surface area contributed by atoms with Crippen molar-refractivity contribution in [2.24, 2.45) is 0 Å². The predicted octanol–water partition coefficient (Wildman–Crippen LogP) is 5.91. The fourth-order valence-electron chi connectivity index (χ4n) is 3.95. The van der Waals surface area contributed by atoms with Crippen molar-refractivity contribution in [1.82, 2.24) is 0 Å². The molecule has 2 rings (SSSR count). The zero-order valence-electron chi connectivity index (χ0n) is 17.7. The molecule has 2 heterocycles. The van der Waals surface area contributed by atoms with Crippen LogP contribution in [0.15, 0.2) is 37.0 Å². The van der Waals surface area contributed by atoms with Gasteiger partial charge in [-0.3, -0.25) is 4.79 Å². The van der Waals surface area contributed by atoms with E-state index < -0.39 is 5.97 Å². The Bertz CT molecular complexity index is 519. The minimum atomic E-state index is -0.846. The summed E-state index contributed by atoms with van der Waals surface area (Å²) >= 11 is 0. The Labute approximate surface area is 175 Å². The van der Waals surface area contributed by atoms with Crippen molar-refractivity contribution in [2.75, 3.05) is 0 Å². The largest absolute Gasteiger partial charge is 0.481 e. The van der Waals surface area contributed by atoms with Crippen LogP contribution in [0, 0.1) is 0 Å². The van der Waals surface area contributed by atoms with E-state index in [1.54, 1.807) is 0 Å². The van der Waals surface area contributed by atoms with Crippen LogP contribution in [0.25, 0.3) is 0 Å². The summed E-state index contributed by atoms with van der Waals surface area (Å²) < 4.78 is 6.17. The molecule has 0 aliphatic carbocycles. The van der Waals surface area contributed by atoms with Gasteiger partial charge in [-0.25, -0.2) is 9.78 Å². The lowest BCUT2D eigenvalue weighted by molar-refractivity contribution is -0.385. The highest BCUT2D eigenvalue weighted by molar-refractivity contribution is 5.67. The summed E-state index contributed by atoms with van der Waals surface area (Å²) in [5.74, 6) is -0.846. The normalized spacial score (nSPS) is 27.7. The van der Waals surface area contributed by atoms with Gasteiger partial charge in [0.1, 0.15) is 12.2 Å². The van der Waals surface area contributed by atoms with Crippen LogP contribution in [-0.2, 0) is 19.3 Å². The van der Waals surface area contributed by atoms with Gasteiger partial charge in [0.05, 0.1) is 18.6 Å². The van der Waals surface area contributed by atoms with E-state index >= 15 is 0 Å². The van der Waals surface area contributed by atoms with E-state index in [1.807, 2.05) is 6.08 Å². The highest BCUT2D eigenvalue weighted by Gasteiger charge is 2.36. The Morgan fingerprint density at radius 2 is 1.59 bits per heavy atom. The first-order valence-electron chi connectivity index (χ1n) is 11.3. The number of allylic oxidation sites excluding steroid dienone is 5. The minimum absolute atomic E-state index is 0.00307. The Balaban J connectivity index is 1.46. The predicted molar refractivity (Wildman–Crippen MR) is 115 cm³/mol. The maximum absolute atomic E-state index is 10.7. The van der Waals surface area contributed by atoms with Crippen molar-refractivity contribution in [1.29, 1.82) is 0 Å². The second-order valence-corrected chi connectivity index (χ2v) is 8.12. The van der Waals surface area contributed by atoms with Crippen LogP contribution in [0.1, 0.15) is 83.5 Å². The Morgan fingerprint density at radius 1 is 0.862 bits per heavy atom. The molecule has 0 aromatic rings. The molecule has 2 fully saturated rings. The molecule has 5 heteroatoms. The number of carboxylic acid groups (broad SMARTS) is 1. The Morgan fingerprint density at radius 3 is 2.31 bits per heavy atom. The third-order valence-electron chi connectivity index (χ3n) is 5.61. The van der Waals surface area contributed by atoms with Gasteiger partial charge in [0.25, 0.3) is 0 Å². The van der Waals surface area contributed by atoms with Crippen molar-refractivity contribution in [3.8, 4) is 0 Å². The number of unbranched alkanes of at least 4 members (excludes halogenated alkanes) is 5. The van der Waals surface area contributed by atoms with Gasteiger partial charge in [-0.05, 0) is 57.8 Å². The smallest absolute Gasteiger partial charge is 0.306 e. The van der Waals surface area contributed by atoms with Crippen molar-refractivity contribution in [2.45, 2.75) is 108 Å². The van der Waals surface area contributed by atoms with Crippen molar-refractivity contribution in [3.63, 3.8) is 0 Å². The molecular weight excluding hydrogens is 368 g/mol. The Kier molecular flexibility index (Phi) is 12.0. The summed E-state index contributed by atoms with van der Waals surface area (Å²) in [5.41, 5.74) is 0. The molecule has 1 N–H and O–H groups in total. The Hall–Kier alpha value is -1.43. The van der Waals surface area contributed by atoms with Gasteiger partial charge < -0.3 is 9.84 Å². The van der Waals surface area contributed by atoms with Gasteiger partial charge in [0.15, 0.2) is 0 Å². The van der Waals surface area contributed by atoms with E-state index in [-0.39, 0.29) is 24.7 Å². The van der Waals surface area contributed by atoms with E-state index in [1.165, 1.54) is 25.7 Å². The first-order valence-corrected chi connectivity index (χ1v) is 11.3. The number of carbonyl (C=O) groups is 1. The van der Waals surface area contributed by atoms with E-state index in [0.29, 0.717) is 6.10 Å². The lowest BCUT2D eigenvalue weighted by atomic mass is 10.0. The number of hydrogen-bond acceptors (Lipinski definition) is 4. The molecule has 5 nitrogen and oxygen atoms in total. The van der Waals surface area contributed by atoms with Crippen LogP contribution in [0.3, 0.4) is 0 Å². The molecular formula is C24H38O5. The second kappa shape index (κ2) is 14.5. The molecule has 0 radical (unpaired) electrons. The maximum Gasteiger partial charge on any atom is 0.306 e. The molecule has 2 saturated heterocycles. The van der Waals surface area contributed by atoms with Gasteiger partial charge >= 0.3 is 5.97 Å². The van der Waals surface area contributed by atoms with Crippen LogP contribution in [0.5, 0.6) is 0 Å². The lowest BCUT2D eigenvalue weighted by Crippen LogP contribution is -2.37. The molecule has 0 aromatic heterocycles. The van der Waals surface area contributed by atoms with Gasteiger partial charge in [0, 0.05) is 0 Å². The standard InChI is InChI=1S/C24H38O5/c1-2-3-4-5-6-7-8-9-10-11-12-13-14-20-15-17-22(27-20)23-18-16-21(28-29-23)19-24(25)26/h2,5-8,20-23H,1,3-4,9-19H2,(H,25,26)/b6-5+,8-7-/t20-,21-,22+,23-/m0/s1. The van der Waals surface area contributed by atoms with Crippen LogP contribution in [-0.4, -0.2) is 35.5 Å². The van der Waals surface area contributed by atoms with Crippen LogP contribution >= 0.6 is 0 Å². The highest BCUT2D eigenvalue weighted by Crippen LogP contribution is 2.31. The van der Waals surface area contributed by atoms with E-state index in [2.05, 4.69) is 30.9 Å². The summed E-state index contributed by atoms with van der Waals surface area (Å²) in [7, 11) is 0. The first kappa shape index (κ1) is 23.8. The first-order chi connectivity index (χ1) is 14.2. The van der Waals surface area contributed by atoms with E-state index in [4.69, 9.17) is 19.6 Å². The average Bonchev–Trinajstić information content (AvgIpc) is 3.18. The SMILES string of the molecule is C=CCC/C=C/C=C\CCCCCC[C@H]1CC[C@H]([C@@H]2CC[C@@H](CC(=O)O)OO2)O1. The van der Waals surface area contributed by atoms with Gasteiger partial charge in [-0.1, -0.05) is 49.6 Å². The summed E-state index contributed by atoms with van der Waals surface area (Å²) in [5, 5.41) is 8.82.